The fourth-order valence-electron chi connectivity index (χ4n) is 2.00. The lowest BCUT2D eigenvalue weighted by Gasteiger charge is -2.15. The van der Waals surface area contributed by atoms with Crippen LogP contribution in [-0.2, 0) is 16.1 Å². The first kappa shape index (κ1) is 17.4. The third-order valence-corrected chi connectivity index (χ3v) is 3.24. The van der Waals surface area contributed by atoms with E-state index in [4.69, 9.17) is 4.74 Å². The van der Waals surface area contributed by atoms with Crippen LogP contribution in [0.4, 0.5) is 13.6 Å². The first-order chi connectivity index (χ1) is 11.5. The molecule has 5 nitrogen and oxygen atoms in total. The van der Waals surface area contributed by atoms with Crippen LogP contribution in [0.3, 0.4) is 0 Å². The van der Waals surface area contributed by atoms with Crippen molar-refractivity contribution in [3.8, 4) is 0 Å². The summed E-state index contributed by atoms with van der Waals surface area (Å²) in [5, 5.41) is 11.4. The molecule has 7 heteroatoms. The molecule has 1 unspecified atom stereocenters. The normalized spacial score (nSPS) is 11.8. The van der Waals surface area contributed by atoms with Crippen molar-refractivity contribution in [3.05, 3.63) is 71.3 Å². The molecular formula is C17H15F2NO4. The Hall–Kier alpha value is -2.96. The molecule has 2 rings (SSSR count). The van der Waals surface area contributed by atoms with Crippen LogP contribution in [0.25, 0.3) is 0 Å². The molecular weight excluding hydrogens is 320 g/mol. The van der Waals surface area contributed by atoms with Gasteiger partial charge in [0.1, 0.15) is 6.61 Å². The zero-order valence-corrected chi connectivity index (χ0v) is 12.5. The molecule has 0 radical (unpaired) electrons. The molecule has 0 fully saturated rings. The van der Waals surface area contributed by atoms with Crippen molar-refractivity contribution in [2.24, 2.45) is 0 Å². The fraction of sp³-hybridized carbons (Fsp3) is 0.176. The lowest BCUT2D eigenvalue weighted by Crippen LogP contribution is -2.34. The smallest absolute Gasteiger partial charge is 0.408 e. The Kier molecular flexibility index (Phi) is 5.83. The molecule has 2 N–H and O–H groups in total. The standard InChI is InChI=1S/C17H15F2NO4/c18-15(19)13-8-6-12(7-9-13)14(16(21)22)20-17(23)24-10-11-4-2-1-3-5-11/h1-9,14-15H,10H2,(H,20,23)(H,21,22). The summed E-state index contributed by atoms with van der Waals surface area (Å²) in [5.41, 5.74) is 0.693. The number of alkyl carbamates (subject to hydrolysis) is 1. The summed E-state index contributed by atoms with van der Waals surface area (Å²) in [6.07, 6.45) is -3.56. The van der Waals surface area contributed by atoms with Crippen molar-refractivity contribution in [1.29, 1.82) is 0 Å². The van der Waals surface area contributed by atoms with E-state index in [-0.39, 0.29) is 17.7 Å². The fourth-order valence-corrected chi connectivity index (χ4v) is 2.00. The maximum Gasteiger partial charge on any atom is 0.408 e. The third-order valence-electron chi connectivity index (χ3n) is 3.24. The van der Waals surface area contributed by atoms with Gasteiger partial charge in [0.05, 0.1) is 0 Å². The van der Waals surface area contributed by atoms with E-state index in [1.807, 2.05) is 6.07 Å². The van der Waals surface area contributed by atoms with Crippen LogP contribution >= 0.6 is 0 Å². The van der Waals surface area contributed by atoms with Crippen LogP contribution < -0.4 is 5.32 Å². The first-order valence-electron chi connectivity index (χ1n) is 7.05. The van der Waals surface area contributed by atoms with Gasteiger partial charge in [0, 0.05) is 5.56 Å². The van der Waals surface area contributed by atoms with Crippen LogP contribution in [0.5, 0.6) is 0 Å². The summed E-state index contributed by atoms with van der Waals surface area (Å²) < 4.78 is 30.0. The minimum atomic E-state index is -2.65. The number of amides is 1. The highest BCUT2D eigenvalue weighted by molar-refractivity contribution is 5.81. The van der Waals surface area contributed by atoms with Crippen LogP contribution in [0.1, 0.15) is 29.2 Å². The molecule has 0 aromatic heterocycles. The number of rotatable bonds is 6. The second-order valence-electron chi connectivity index (χ2n) is 4.94. The SMILES string of the molecule is O=C(NC(C(=O)O)c1ccc(C(F)F)cc1)OCc1ccccc1. The Morgan fingerprint density at radius 2 is 1.58 bits per heavy atom. The summed E-state index contributed by atoms with van der Waals surface area (Å²) in [6, 6.07) is 12.2. The second-order valence-corrected chi connectivity index (χ2v) is 4.94. The van der Waals surface area contributed by atoms with Gasteiger partial charge in [0.2, 0.25) is 0 Å². The Morgan fingerprint density at radius 3 is 2.12 bits per heavy atom. The Balaban J connectivity index is 2.00. The number of hydrogen-bond donors (Lipinski definition) is 2. The molecule has 0 heterocycles. The van der Waals surface area contributed by atoms with Crippen molar-refractivity contribution in [1.82, 2.24) is 5.32 Å². The molecule has 0 spiro atoms. The highest BCUT2D eigenvalue weighted by atomic mass is 19.3. The average Bonchev–Trinajstić information content (AvgIpc) is 2.58. The molecule has 0 aliphatic carbocycles. The number of hydrogen-bond acceptors (Lipinski definition) is 3. The Morgan fingerprint density at radius 1 is 1.00 bits per heavy atom. The molecule has 0 aliphatic rings. The van der Waals surface area contributed by atoms with Crippen molar-refractivity contribution in [2.75, 3.05) is 0 Å². The highest BCUT2D eigenvalue weighted by Crippen LogP contribution is 2.21. The van der Waals surface area contributed by atoms with Crippen molar-refractivity contribution in [3.63, 3.8) is 0 Å². The number of carbonyl (C=O) groups is 2. The number of ether oxygens (including phenoxy) is 1. The van der Waals surface area contributed by atoms with Gasteiger partial charge in [-0.2, -0.15) is 0 Å². The van der Waals surface area contributed by atoms with Crippen LogP contribution in [-0.4, -0.2) is 17.2 Å². The zero-order chi connectivity index (χ0) is 17.5. The second kappa shape index (κ2) is 8.05. The van der Waals surface area contributed by atoms with E-state index in [1.165, 1.54) is 12.1 Å². The molecule has 24 heavy (non-hydrogen) atoms. The number of carboxylic acids is 1. The number of carbonyl (C=O) groups excluding carboxylic acids is 1. The summed E-state index contributed by atoms with van der Waals surface area (Å²) in [7, 11) is 0. The summed E-state index contributed by atoms with van der Waals surface area (Å²) in [4.78, 5) is 23.1. The lowest BCUT2D eigenvalue weighted by molar-refractivity contribution is -0.139. The van der Waals surface area contributed by atoms with Gasteiger partial charge < -0.3 is 15.2 Å². The number of halogens is 2. The number of aliphatic carboxylic acids is 1. The van der Waals surface area contributed by atoms with Gasteiger partial charge in [0.25, 0.3) is 6.43 Å². The predicted octanol–water partition coefficient (Wildman–Crippen LogP) is 3.68. The van der Waals surface area contributed by atoms with Crippen molar-refractivity contribution < 1.29 is 28.2 Å². The van der Waals surface area contributed by atoms with E-state index in [0.29, 0.717) is 0 Å². The number of alkyl halides is 2. The topological polar surface area (TPSA) is 75.6 Å². The molecule has 0 aliphatic heterocycles. The van der Waals surface area contributed by atoms with Gasteiger partial charge in [-0.05, 0) is 11.1 Å². The maximum absolute atomic E-state index is 12.5. The Bertz CT molecular complexity index is 689. The van der Waals surface area contributed by atoms with Crippen LogP contribution in [0.15, 0.2) is 54.6 Å². The first-order valence-corrected chi connectivity index (χ1v) is 7.05. The van der Waals surface area contributed by atoms with E-state index < -0.39 is 24.5 Å². The third kappa shape index (κ3) is 4.77. The monoisotopic (exact) mass is 335 g/mol. The minimum Gasteiger partial charge on any atom is -0.479 e. The van der Waals surface area contributed by atoms with Gasteiger partial charge in [-0.15, -0.1) is 0 Å². The number of nitrogens with one attached hydrogen (secondary N) is 1. The lowest BCUT2D eigenvalue weighted by atomic mass is 10.1. The molecule has 126 valence electrons. The molecule has 2 aromatic carbocycles. The predicted molar refractivity (Wildman–Crippen MR) is 81.5 cm³/mol. The molecule has 1 atom stereocenters. The molecule has 2 aromatic rings. The van der Waals surface area contributed by atoms with E-state index in [9.17, 15) is 23.5 Å². The van der Waals surface area contributed by atoms with E-state index >= 15 is 0 Å². The summed E-state index contributed by atoms with van der Waals surface area (Å²) in [6.45, 7) is -0.0106. The quantitative estimate of drug-likeness (QED) is 0.844. The van der Waals surface area contributed by atoms with E-state index in [2.05, 4.69) is 5.32 Å². The summed E-state index contributed by atoms with van der Waals surface area (Å²) >= 11 is 0. The van der Waals surface area contributed by atoms with Crippen LogP contribution in [0, 0.1) is 0 Å². The van der Waals surface area contributed by atoms with E-state index in [1.54, 1.807) is 24.3 Å². The largest absolute Gasteiger partial charge is 0.479 e. The van der Waals surface area contributed by atoms with Crippen molar-refractivity contribution >= 4 is 12.1 Å². The number of carboxylic acid groups (broad SMARTS) is 1. The van der Waals surface area contributed by atoms with Crippen LogP contribution in [0.2, 0.25) is 0 Å². The molecule has 0 saturated carbocycles. The summed E-state index contributed by atoms with van der Waals surface area (Å²) in [5.74, 6) is -1.32. The minimum absolute atomic E-state index is 0.0106. The molecule has 0 bridgehead atoms. The highest BCUT2D eigenvalue weighted by Gasteiger charge is 2.23. The average molecular weight is 335 g/mol. The van der Waals surface area contributed by atoms with Gasteiger partial charge in [-0.25, -0.2) is 18.4 Å². The Labute approximate surface area is 136 Å². The van der Waals surface area contributed by atoms with Crippen molar-refractivity contribution in [2.45, 2.75) is 19.1 Å². The van der Waals surface area contributed by atoms with E-state index in [0.717, 1.165) is 17.7 Å². The van der Waals surface area contributed by atoms with Gasteiger partial charge in [-0.1, -0.05) is 54.6 Å². The molecule has 0 saturated heterocycles. The van der Waals surface area contributed by atoms with Gasteiger partial charge in [0.15, 0.2) is 6.04 Å². The van der Waals surface area contributed by atoms with Gasteiger partial charge in [-0.3, -0.25) is 0 Å². The van der Waals surface area contributed by atoms with Gasteiger partial charge >= 0.3 is 12.1 Å². The zero-order valence-electron chi connectivity index (χ0n) is 12.5. The molecule has 1 amide bonds. The number of benzene rings is 2. The maximum atomic E-state index is 12.5.